The summed E-state index contributed by atoms with van der Waals surface area (Å²) in [5.41, 5.74) is 5.37. The highest BCUT2D eigenvalue weighted by atomic mass is 16.4. The molecule has 9 heteroatoms. The fourth-order valence-corrected chi connectivity index (χ4v) is 1.32. The molecule has 0 heterocycles. The van der Waals surface area contributed by atoms with E-state index in [1.807, 2.05) is 0 Å². The molecule has 0 unspecified atom stereocenters. The second-order valence-electron chi connectivity index (χ2n) is 3.69. The van der Waals surface area contributed by atoms with Gasteiger partial charge in [-0.1, -0.05) is 0 Å². The van der Waals surface area contributed by atoms with E-state index in [1.165, 1.54) is 0 Å². The first-order valence-electron chi connectivity index (χ1n) is 4.83. The lowest BCUT2D eigenvalue weighted by molar-refractivity contribution is -0.155. The molecule has 0 aromatic carbocycles. The monoisotopic (exact) mass is 263 g/mol. The normalized spacial score (nSPS) is 10.9. The van der Waals surface area contributed by atoms with Gasteiger partial charge in [0.15, 0.2) is 11.8 Å². The van der Waals surface area contributed by atoms with Crippen molar-refractivity contribution < 1.29 is 39.6 Å². The van der Waals surface area contributed by atoms with Crippen molar-refractivity contribution in [3.63, 3.8) is 0 Å². The molecule has 0 aliphatic carbocycles. The van der Waals surface area contributed by atoms with Crippen LogP contribution < -0.4 is 5.73 Å². The number of carboxylic acid groups (broad SMARTS) is 4. The highest BCUT2D eigenvalue weighted by Crippen LogP contribution is 2.14. The van der Waals surface area contributed by atoms with Crippen LogP contribution in [-0.2, 0) is 19.2 Å². The largest absolute Gasteiger partial charge is 0.481 e. The quantitative estimate of drug-likeness (QED) is 0.332. The smallest absolute Gasteiger partial charge is 0.317 e. The van der Waals surface area contributed by atoms with E-state index in [-0.39, 0.29) is 0 Å². The third-order valence-corrected chi connectivity index (χ3v) is 2.27. The van der Waals surface area contributed by atoms with Crippen LogP contribution in [0.4, 0.5) is 0 Å². The van der Waals surface area contributed by atoms with Crippen molar-refractivity contribution >= 4 is 23.9 Å². The van der Waals surface area contributed by atoms with Gasteiger partial charge in [-0.3, -0.25) is 19.2 Å². The first-order valence-corrected chi connectivity index (χ1v) is 4.83. The average Bonchev–Trinajstić information content (AvgIpc) is 2.20. The van der Waals surface area contributed by atoms with Crippen LogP contribution >= 0.6 is 0 Å². The van der Waals surface area contributed by atoms with Crippen LogP contribution in [-0.4, -0.2) is 50.3 Å². The molecule has 0 bridgehead atoms. The second kappa shape index (κ2) is 6.55. The molecule has 0 aliphatic heterocycles. The molecule has 9 nitrogen and oxygen atoms in total. The number of hydrogen-bond acceptors (Lipinski definition) is 5. The minimum absolute atomic E-state index is 0.540. The Hall–Kier alpha value is -2.16. The van der Waals surface area contributed by atoms with Crippen molar-refractivity contribution in [2.24, 2.45) is 17.6 Å². The molecule has 102 valence electrons. The summed E-state index contributed by atoms with van der Waals surface area (Å²) >= 11 is 0. The van der Waals surface area contributed by atoms with Crippen molar-refractivity contribution in [1.29, 1.82) is 0 Å². The third-order valence-electron chi connectivity index (χ3n) is 2.27. The van der Waals surface area contributed by atoms with Crippen molar-refractivity contribution in [1.82, 2.24) is 0 Å². The topological polar surface area (TPSA) is 175 Å². The van der Waals surface area contributed by atoms with Crippen molar-refractivity contribution in [2.75, 3.05) is 0 Å². The summed E-state index contributed by atoms with van der Waals surface area (Å²) in [5.74, 6) is -10.0. The zero-order chi connectivity index (χ0) is 14.5. The van der Waals surface area contributed by atoms with Crippen molar-refractivity contribution in [2.45, 2.75) is 18.9 Å². The number of aliphatic carboxylic acids is 4. The lowest BCUT2D eigenvalue weighted by Gasteiger charge is -2.16. The first-order chi connectivity index (χ1) is 8.16. The number of carbonyl (C=O) groups is 4. The summed E-state index contributed by atoms with van der Waals surface area (Å²) in [4.78, 5) is 42.2. The molecule has 0 rings (SSSR count). The van der Waals surface area contributed by atoms with Gasteiger partial charge in [0.05, 0.1) is 0 Å². The first kappa shape index (κ1) is 15.8. The Kier molecular flexibility index (Phi) is 5.76. The Bertz CT molecular complexity index is 304. The van der Waals surface area contributed by atoms with Crippen molar-refractivity contribution in [3.05, 3.63) is 0 Å². The number of carboxylic acids is 4. The zero-order valence-electron chi connectivity index (χ0n) is 9.15. The summed E-state index contributed by atoms with van der Waals surface area (Å²) in [5, 5.41) is 34.3. The molecule has 6 N–H and O–H groups in total. The van der Waals surface area contributed by atoms with Gasteiger partial charge in [-0.25, -0.2) is 0 Å². The Morgan fingerprint density at radius 2 is 0.944 bits per heavy atom. The highest BCUT2D eigenvalue weighted by Gasteiger charge is 2.32. The molecule has 0 aliphatic rings. The molecule has 18 heavy (non-hydrogen) atoms. The maximum Gasteiger partial charge on any atom is 0.317 e. The Morgan fingerprint density at radius 3 is 1.11 bits per heavy atom. The standard InChI is InChI=1S/C9H13NO8/c10-3(1-4(6(11)12)7(13)14)2-5(8(15)16)9(17)18/h3-5H,1-2,10H2,(H,11,12)(H,13,14)(H,15,16)(H,17,18). The van der Waals surface area contributed by atoms with E-state index in [1.54, 1.807) is 0 Å². The summed E-state index contributed by atoms with van der Waals surface area (Å²) in [6, 6.07) is -1.15. The molecule has 0 aromatic rings. The predicted octanol–water partition coefficient (Wildman–Crippen LogP) is -1.34. The van der Waals surface area contributed by atoms with Gasteiger partial charge >= 0.3 is 23.9 Å². The molecule has 0 amide bonds. The van der Waals surface area contributed by atoms with Gasteiger partial charge in [-0.15, -0.1) is 0 Å². The lowest BCUT2D eigenvalue weighted by Crippen LogP contribution is -2.36. The van der Waals surface area contributed by atoms with Crippen molar-refractivity contribution in [3.8, 4) is 0 Å². The van der Waals surface area contributed by atoms with Crippen LogP contribution in [0.3, 0.4) is 0 Å². The second-order valence-corrected chi connectivity index (χ2v) is 3.69. The van der Waals surface area contributed by atoms with E-state index in [0.717, 1.165) is 0 Å². The van der Waals surface area contributed by atoms with Crippen LogP contribution in [0.25, 0.3) is 0 Å². The van der Waals surface area contributed by atoms with Crippen LogP contribution in [0, 0.1) is 11.8 Å². The molecule has 0 aromatic heterocycles. The summed E-state index contributed by atoms with van der Waals surface area (Å²) in [6.45, 7) is 0. The summed E-state index contributed by atoms with van der Waals surface area (Å²) < 4.78 is 0. The SMILES string of the molecule is NC(CC(C(=O)O)C(=O)O)CC(C(=O)O)C(=O)O. The lowest BCUT2D eigenvalue weighted by atomic mass is 9.93. The third kappa shape index (κ3) is 4.78. The molecule has 0 radical (unpaired) electrons. The maximum absolute atomic E-state index is 10.6. The van der Waals surface area contributed by atoms with E-state index in [0.29, 0.717) is 0 Å². The zero-order valence-corrected chi connectivity index (χ0v) is 9.15. The Labute approximate surface area is 101 Å². The van der Waals surface area contributed by atoms with Gasteiger partial charge in [0.1, 0.15) is 0 Å². The minimum Gasteiger partial charge on any atom is -0.481 e. The fourth-order valence-electron chi connectivity index (χ4n) is 1.32. The Morgan fingerprint density at radius 1 is 0.722 bits per heavy atom. The maximum atomic E-state index is 10.6. The molecule has 0 saturated heterocycles. The van der Waals surface area contributed by atoms with E-state index < -0.39 is 54.6 Å². The van der Waals surface area contributed by atoms with Crippen LogP contribution in [0.1, 0.15) is 12.8 Å². The highest BCUT2D eigenvalue weighted by molar-refractivity contribution is 5.93. The number of rotatable bonds is 8. The van der Waals surface area contributed by atoms with Gasteiger partial charge in [0, 0.05) is 6.04 Å². The number of hydrogen-bond donors (Lipinski definition) is 5. The molecule has 0 atom stereocenters. The van der Waals surface area contributed by atoms with Gasteiger partial charge < -0.3 is 26.2 Å². The van der Waals surface area contributed by atoms with Gasteiger partial charge in [-0.05, 0) is 12.8 Å². The minimum atomic E-state index is -1.79. The van der Waals surface area contributed by atoms with Crippen LogP contribution in [0.2, 0.25) is 0 Å². The van der Waals surface area contributed by atoms with Gasteiger partial charge in [0.25, 0.3) is 0 Å². The van der Waals surface area contributed by atoms with E-state index >= 15 is 0 Å². The molecule has 0 spiro atoms. The predicted molar refractivity (Wildman–Crippen MR) is 54.7 cm³/mol. The fraction of sp³-hybridized carbons (Fsp3) is 0.556. The van der Waals surface area contributed by atoms with Crippen LogP contribution in [0.5, 0.6) is 0 Å². The summed E-state index contributed by atoms with van der Waals surface area (Å²) in [7, 11) is 0. The van der Waals surface area contributed by atoms with Gasteiger partial charge in [0.2, 0.25) is 0 Å². The average molecular weight is 263 g/mol. The molecular formula is C9H13NO8. The van der Waals surface area contributed by atoms with E-state index in [4.69, 9.17) is 26.2 Å². The van der Waals surface area contributed by atoms with E-state index in [2.05, 4.69) is 0 Å². The summed E-state index contributed by atoms with van der Waals surface area (Å²) in [6.07, 6.45) is -1.08. The molecule has 0 saturated carbocycles. The molecule has 0 fully saturated rings. The van der Waals surface area contributed by atoms with Gasteiger partial charge in [-0.2, -0.15) is 0 Å². The van der Waals surface area contributed by atoms with Crippen LogP contribution in [0.15, 0.2) is 0 Å². The molecular weight excluding hydrogens is 250 g/mol. The van der Waals surface area contributed by atoms with E-state index in [9.17, 15) is 19.2 Å². The number of nitrogens with two attached hydrogens (primary N) is 1. The Balaban J connectivity index is 4.61.